The number of amides is 1. The van der Waals surface area contributed by atoms with Crippen LogP contribution in [0.2, 0.25) is 5.02 Å². The molecule has 2 rings (SSSR count). The Kier molecular flexibility index (Phi) is 8.35. The number of methoxy groups -OCH3 is 2. The Morgan fingerprint density at radius 2 is 1.75 bits per heavy atom. The third-order valence-corrected chi connectivity index (χ3v) is 4.41. The molecular weight excluding hydrogens is 400 g/mol. The van der Waals surface area contributed by atoms with Gasteiger partial charge in [-0.2, -0.15) is 0 Å². The number of thiocarbonyl (C=S) groups is 1. The van der Waals surface area contributed by atoms with Gasteiger partial charge in [0.15, 0.2) is 16.6 Å². The molecule has 0 aliphatic heterocycles. The van der Waals surface area contributed by atoms with Crippen molar-refractivity contribution in [1.29, 1.82) is 0 Å². The van der Waals surface area contributed by atoms with Crippen LogP contribution in [-0.4, -0.2) is 31.8 Å². The zero-order chi connectivity index (χ0) is 20.5. The van der Waals surface area contributed by atoms with Crippen molar-refractivity contribution in [3.05, 3.63) is 52.5 Å². The monoisotopic (exact) mass is 422 g/mol. The molecule has 8 heteroatoms. The summed E-state index contributed by atoms with van der Waals surface area (Å²) in [6.07, 6.45) is 0.923. The topological polar surface area (TPSA) is 68.8 Å². The Bertz CT molecular complexity index is 828. The minimum Gasteiger partial charge on any atom is -0.494 e. The molecule has 2 aromatic rings. The average Bonchev–Trinajstić information content (AvgIpc) is 2.71. The molecule has 0 aromatic heterocycles. The van der Waals surface area contributed by atoms with Gasteiger partial charge in [0.25, 0.3) is 5.91 Å². The summed E-state index contributed by atoms with van der Waals surface area (Å²) in [5, 5.41) is 6.30. The van der Waals surface area contributed by atoms with Crippen molar-refractivity contribution in [2.75, 3.05) is 20.8 Å². The van der Waals surface area contributed by atoms with Crippen molar-refractivity contribution in [3.8, 4) is 17.2 Å². The van der Waals surface area contributed by atoms with Gasteiger partial charge in [-0.3, -0.25) is 10.1 Å². The number of carbonyl (C=O) groups is 1. The first-order valence-electron chi connectivity index (χ1n) is 8.71. The van der Waals surface area contributed by atoms with Crippen LogP contribution in [-0.2, 0) is 6.54 Å². The van der Waals surface area contributed by atoms with E-state index in [2.05, 4.69) is 10.6 Å². The van der Waals surface area contributed by atoms with Gasteiger partial charge in [0.05, 0.1) is 20.8 Å². The first kappa shape index (κ1) is 21.8. The fourth-order valence-electron chi connectivity index (χ4n) is 2.35. The number of hydrogen-bond donors (Lipinski definition) is 2. The number of hydrogen-bond acceptors (Lipinski definition) is 5. The van der Waals surface area contributed by atoms with E-state index in [-0.39, 0.29) is 11.0 Å². The normalized spacial score (nSPS) is 10.1. The predicted molar refractivity (Wildman–Crippen MR) is 114 cm³/mol. The number of benzene rings is 2. The molecule has 0 aliphatic rings. The molecule has 0 radical (unpaired) electrons. The van der Waals surface area contributed by atoms with Crippen molar-refractivity contribution in [1.82, 2.24) is 10.6 Å². The van der Waals surface area contributed by atoms with Gasteiger partial charge in [0, 0.05) is 23.2 Å². The van der Waals surface area contributed by atoms with E-state index in [1.54, 1.807) is 50.6 Å². The van der Waals surface area contributed by atoms with E-state index in [1.807, 2.05) is 6.92 Å². The molecule has 0 saturated carbocycles. The molecule has 2 aromatic carbocycles. The summed E-state index contributed by atoms with van der Waals surface area (Å²) in [4.78, 5) is 12.3. The van der Waals surface area contributed by atoms with Crippen molar-refractivity contribution in [3.63, 3.8) is 0 Å². The molecule has 0 unspecified atom stereocenters. The van der Waals surface area contributed by atoms with E-state index in [9.17, 15) is 4.79 Å². The van der Waals surface area contributed by atoms with E-state index in [0.717, 1.165) is 17.7 Å². The van der Waals surface area contributed by atoms with Crippen LogP contribution in [0, 0.1) is 0 Å². The number of ether oxygens (including phenoxy) is 3. The van der Waals surface area contributed by atoms with Crippen LogP contribution in [0.15, 0.2) is 36.4 Å². The summed E-state index contributed by atoms with van der Waals surface area (Å²) in [5.74, 6) is 1.52. The third kappa shape index (κ3) is 6.00. The maximum atomic E-state index is 12.3. The van der Waals surface area contributed by atoms with Crippen LogP contribution in [0.3, 0.4) is 0 Å². The number of nitrogens with one attached hydrogen (secondary N) is 2. The average molecular weight is 423 g/mol. The van der Waals surface area contributed by atoms with Crippen LogP contribution >= 0.6 is 23.8 Å². The number of halogens is 1. The highest BCUT2D eigenvalue weighted by atomic mass is 35.5. The Labute approximate surface area is 175 Å². The molecule has 0 spiro atoms. The van der Waals surface area contributed by atoms with Crippen molar-refractivity contribution < 1.29 is 19.0 Å². The Hall–Kier alpha value is -2.51. The molecule has 150 valence electrons. The molecule has 0 heterocycles. The van der Waals surface area contributed by atoms with Gasteiger partial charge in [-0.15, -0.1) is 0 Å². The number of carbonyl (C=O) groups excluding carboxylic acids is 1. The molecule has 0 aliphatic carbocycles. The van der Waals surface area contributed by atoms with Gasteiger partial charge in [-0.1, -0.05) is 18.5 Å². The molecule has 28 heavy (non-hydrogen) atoms. The largest absolute Gasteiger partial charge is 0.494 e. The second kappa shape index (κ2) is 10.7. The molecule has 2 N–H and O–H groups in total. The molecule has 6 nitrogen and oxygen atoms in total. The standard InChI is InChI=1S/C20H23ClN2O4S/c1-4-9-27-15-7-5-13(6-8-15)19(24)23-20(28)22-12-14-10-17(25-2)18(26-3)11-16(14)21/h5-8,10-11H,4,9,12H2,1-3H3,(H2,22,23,24,28). The van der Waals surface area contributed by atoms with Gasteiger partial charge in [-0.05, 0) is 54.5 Å². The van der Waals surface area contributed by atoms with Crippen LogP contribution in [0.1, 0.15) is 29.3 Å². The summed E-state index contributed by atoms with van der Waals surface area (Å²) in [5.41, 5.74) is 1.24. The van der Waals surface area contributed by atoms with Gasteiger partial charge >= 0.3 is 0 Å². The molecule has 0 fully saturated rings. The zero-order valence-corrected chi connectivity index (χ0v) is 17.6. The van der Waals surface area contributed by atoms with Crippen LogP contribution in [0.5, 0.6) is 17.2 Å². The lowest BCUT2D eigenvalue weighted by atomic mass is 10.2. The SMILES string of the molecule is CCCOc1ccc(C(=O)NC(=S)NCc2cc(OC)c(OC)cc2Cl)cc1. The Balaban J connectivity index is 1.92. The molecule has 1 amide bonds. The minimum atomic E-state index is -0.307. The highest BCUT2D eigenvalue weighted by Gasteiger charge is 2.12. The van der Waals surface area contributed by atoms with Crippen molar-refractivity contribution in [2.24, 2.45) is 0 Å². The summed E-state index contributed by atoms with van der Waals surface area (Å²) in [6, 6.07) is 10.3. The highest BCUT2D eigenvalue weighted by molar-refractivity contribution is 7.80. The zero-order valence-electron chi connectivity index (χ0n) is 16.0. The Morgan fingerprint density at radius 1 is 1.11 bits per heavy atom. The van der Waals surface area contributed by atoms with Gasteiger partial charge < -0.3 is 19.5 Å². The third-order valence-electron chi connectivity index (χ3n) is 3.81. The fourth-order valence-corrected chi connectivity index (χ4v) is 2.73. The van der Waals surface area contributed by atoms with Gasteiger partial charge in [0.2, 0.25) is 0 Å². The lowest BCUT2D eigenvalue weighted by Crippen LogP contribution is -2.38. The number of rotatable bonds is 8. The van der Waals surface area contributed by atoms with Crippen molar-refractivity contribution >= 4 is 34.8 Å². The van der Waals surface area contributed by atoms with E-state index in [0.29, 0.717) is 35.2 Å². The maximum absolute atomic E-state index is 12.3. The lowest BCUT2D eigenvalue weighted by molar-refractivity contribution is 0.0976. The van der Waals surface area contributed by atoms with Crippen molar-refractivity contribution in [2.45, 2.75) is 19.9 Å². The smallest absolute Gasteiger partial charge is 0.257 e. The quantitative estimate of drug-likeness (QED) is 0.628. The molecule has 0 saturated heterocycles. The van der Waals surface area contributed by atoms with E-state index >= 15 is 0 Å². The van der Waals surface area contributed by atoms with Crippen LogP contribution in [0.4, 0.5) is 0 Å². The highest BCUT2D eigenvalue weighted by Crippen LogP contribution is 2.32. The Morgan fingerprint density at radius 3 is 2.36 bits per heavy atom. The minimum absolute atomic E-state index is 0.196. The fraction of sp³-hybridized carbons (Fsp3) is 0.300. The first-order valence-corrected chi connectivity index (χ1v) is 9.49. The second-order valence-corrected chi connectivity index (χ2v) is 6.62. The van der Waals surface area contributed by atoms with Crippen LogP contribution in [0.25, 0.3) is 0 Å². The predicted octanol–water partition coefficient (Wildman–Crippen LogP) is 3.95. The summed E-state index contributed by atoms with van der Waals surface area (Å²) in [7, 11) is 3.09. The maximum Gasteiger partial charge on any atom is 0.257 e. The molecular formula is C20H23ClN2O4S. The summed E-state index contributed by atoms with van der Waals surface area (Å²) < 4.78 is 16.0. The summed E-state index contributed by atoms with van der Waals surface area (Å²) >= 11 is 11.5. The first-order chi connectivity index (χ1) is 13.5. The van der Waals surface area contributed by atoms with E-state index < -0.39 is 0 Å². The summed E-state index contributed by atoms with van der Waals surface area (Å²) in [6.45, 7) is 2.99. The second-order valence-electron chi connectivity index (χ2n) is 5.81. The van der Waals surface area contributed by atoms with E-state index in [4.69, 9.17) is 38.0 Å². The lowest BCUT2D eigenvalue weighted by Gasteiger charge is -2.14. The van der Waals surface area contributed by atoms with E-state index in [1.165, 1.54) is 0 Å². The van der Waals surface area contributed by atoms with Crippen LogP contribution < -0.4 is 24.8 Å². The molecule has 0 bridgehead atoms. The van der Waals surface area contributed by atoms with Gasteiger partial charge in [-0.25, -0.2) is 0 Å². The van der Waals surface area contributed by atoms with Gasteiger partial charge in [0.1, 0.15) is 5.75 Å². The molecule has 0 atom stereocenters.